The van der Waals surface area contributed by atoms with Crippen LogP contribution in [0, 0.1) is 75.9 Å². The first-order valence-corrected chi connectivity index (χ1v) is 13.9. The maximum atomic E-state index is 13.1. The molecule has 10 atom stereocenters. The van der Waals surface area contributed by atoms with E-state index in [1.807, 2.05) is 13.8 Å². The highest BCUT2D eigenvalue weighted by molar-refractivity contribution is 5.74. The molecule has 8 fully saturated rings. The van der Waals surface area contributed by atoms with Crippen molar-refractivity contribution >= 4 is 11.9 Å². The van der Waals surface area contributed by atoms with E-state index in [0.29, 0.717) is 40.4 Å². The van der Waals surface area contributed by atoms with Gasteiger partial charge in [-0.1, -0.05) is 13.8 Å². The maximum Gasteiger partial charge on any atom is 0.311 e. The topological polar surface area (TPSA) is 61.8 Å². The summed E-state index contributed by atoms with van der Waals surface area (Å²) in [6.45, 7) is 4.76. The maximum absolute atomic E-state index is 13.1. The zero-order valence-corrected chi connectivity index (χ0v) is 20.0. The van der Waals surface area contributed by atoms with E-state index in [0.717, 1.165) is 43.1 Å². The molecule has 0 aromatic rings. The summed E-state index contributed by atoms with van der Waals surface area (Å²) < 4.78 is 17.6. The Balaban J connectivity index is 0.867. The van der Waals surface area contributed by atoms with Crippen molar-refractivity contribution in [2.75, 3.05) is 13.4 Å². The van der Waals surface area contributed by atoms with Gasteiger partial charge in [-0.05, 0) is 110 Å². The molecule has 5 nitrogen and oxygen atoms in total. The number of esters is 2. The highest BCUT2D eigenvalue weighted by Crippen LogP contribution is 2.92. The van der Waals surface area contributed by atoms with E-state index in [1.165, 1.54) is 38.5 Å². The van der Waals surface area contributed by atoms with Crippen LogP contribution in [-0.4, -0.2) is 31.4 Å². The summed E-state index contributed by atoms with van der Waals surface area (Å²) in [4.78, 5) is 25.3. The van der Waals surface area contributed by atoms with Crippen molar-refractivity contribution in [1.29, 1.82) is 0 Å². The molecule has 0 amide bonds. The quantitative estimate of drug-likeness (QED) is 0.246. The van der Waals surface area contributed by atoms with Crippen LogP contribution in [0.1, 0.15) is 65.2 Å². The van der Waals surface area contributed by atoms with E-state index in [-0.39, 0.29) is 36.7 Å². The van der Waals surface area contributed by atoms with Crippen LogP contribution in [0.15, 0.2) is 0 Å². The van der Waals surface area contributed by atoms with E-state index in [1.54, 1.807) is 0 Å². The molecule has 180 valence electrons. The van der Waals surface area contributed by atoms with Gasteiger partial charge in [-0.15, -0.1) is 0 Å². The summed E-state index contributed by atoms with van der Waals surface area (Å²) in [5.41, 5.74) is 1.12. The number of hydrogen-bond acceptors (Lipinski definition) is 5. The molecule has 0 saturated heterocycles. The Morgan fingerprint density at radius 3 is 2.30 bits per heavy atom. The van der Waals surface area contributed by atoms with E-state index in [2.05, 4.69) is 0 Å². The Hall–Kier alpha value is -1.10. The molecule has 0 aromatic carbocycles. The van der Waals surface area contributed by atoms with Crippen LogP contribution in [0.3, 0.4) is 0 Å². The molecule has 1 spiro atoms. The fraction of sp³-hybridized carbons (Fsp3) is 0.929. The minimum absolute atomic E-state index is 0.0289. The molecule has 4 bridgehead atoms. The average molecular weight is 455 g/mol. The number of hydrogen-bond donors (Lipinski definition) is 0. The first-order valence-electron chi connectivity index (χ1n) is 13.9. The minimum atomic E-state index is -0.0714. The number of fused-ring (bicyclic) bond motifs is 9. The van der Waals surface area contributed by atoms with Crippen molar-refractivity contribution in [3.8, 4) is 0 Å². The largest absolute Gasteiger partial charge is 0.462 e. The third-order valence-electron chi connectivity index (χ3n) is 12.8. The molecule has 10 unspecified atom stereocenters. The molecule has 0 N–H and O–H groups in total. The number of carbonyl (C=O) groups is 2. The predicted molar refractivity (Wildman–Crippen MR) is 118 cm³/mol. The molecular formula is C28H38O5. The van der Waals surface area contributed by atoms with Crippen molar-refractivity contribution in [2.24, 2.45) is 75.9 Å². The Morgan fingerprint density at radius 1 is 0.879 bits per heavy atom. The van der Waals surface area contributed by atoms with E-state index >= 15 is 0 Å². The zero-order valence-electron chi connectivity index (χ0n) is 20.0. The second-order valence-electron chi connectivity index (χ2n) is 13.8. The van der Waals surface area contributed by atoms with Crippen LogP contribution in [0.2, 0.25) is 0 Å². The standard InChI is InChI=1S/C28H38O5/c1-13(2)25(29)33-22-6-15-5-21(22)24-19-3-14(23(15)24)4-20(19)26(30)32-12-31-11-27-9-17-7-16-8-18(10-27)28(16,17)27/h13-24H,3-12H2,1-2H3. The molecule has 8 rings (SSSR count). The SMILES string of the molecule is CC(C)C(=O)OC1CC2CC1C1C3CC(CC3C(=O)OCOCC34CC5CC6CC(C3)C654)C21. The second kappa shape index (κ2) is 6.36. The Kier molecular flexibility index (Phi) is 3.88. The summed E-state index contributed by atoms with van der Waals surface area (Å²) in [6.07, 6.45) is 10.1. The normalized spacial score (nSPS) is 57.2. The lowest BCUT2D eigenvalue weighted by Crippen LogP contribution is -2.86. The van der Waals surface area contributed by atoms with Crippen LogP contribution >= 0.6 is 0 Å². The Labute approximate surface area is 196 Å². The molecule has 33 heavy (non-hydrogen) atoms. The van der Waals surface area contributed by atoms with Gasteiger partial charge in [0.25, 0.3) is 0 Å². The summed E-state index contributed by atoms with van der Waals surface area (Å²) in [7, 11) is 0. The summed E-state index contributed by atoms with van der Waals surface area (Å²) in [5, 5.41) is 0. The van der Waals surface area contributed by atoms with Crippen molar-refractivity contribution < 1.29 is 23.8 Å². The molecule has 8 saturated carbocycles. The first kappa shape index (κ1) is 20.1. The third-order valence-corrected chi connectivity index (χ3v) is 12.8. The molecule has 8 aliphatic rings. The summed E-state index contributed by atoms with van der Waals surface area (Å²) in [6, 6.07) is 0. The van der Waals surface area contributed by atoms with Gasteiger partial charge >= 0.3 is 11.9 Å². The highest BCUT2D eigenvalue weighted by atomic mass is 16.7. The molecule has 5 heteroatoms. The first-order chi connectivity index (χ1) is 15.9. The smallest absolute Gasteiger partial charge is 0.311 e. The van der Waals surface area contributed by atoms with Gasteiger partial charge in [0.15, 0.2) is 6.79 Å². The fourth-order valence-corrected chi connectivity index (χ4v) is 12.1. The van der Waals surface area contributed by atoms with E-state index in [4.69, 9.17) is 14.2 Å². The molecule has 0 heterocycles. The third kappa shape index (κ3) is 2.22. The Bertz CT molecular complexity index is 884. The fourth-order valence-electron chi connectivity index (χ4n) is 12.1. The average Bonchev–Trinajstić information content (AvgIpc) is 3.48. The van der Waals surface area contributed by atoms with Crippen molar-refractivity contribution in [1.82, 2.24) is 0 Å². The van der Waals surface area contributed by atoms with Crippen LogP contribution < -0.4 is 0 Å². The predicted octanol–water partition coefficient (Wildman–Crippen LogP) is 4.44. The lowest BCUT2D eigenvalue weighted by atomic mass is 9.13. The van der Waals surface area contributed by atoms with E-state index in [9.17, 15) is 9.59 Å². The number of rotatable bonds is 7. The van der Waals surface area contributed by atoms with Gasteiger partial charge in [0.2, 0.25) is 0 Å². The monoisotopic (exact) mass is 454 g/mol. The molecular weight excluding hydrogens is 416 g/mol. The van der Waals surface area contributed by atoms with Gasteiger partial charge < -0.3 is 14.2 Å². The summed E-state index contributed by atoms with van der Waals surface area (Å²) in [5.74, 6) is 6.39. The molecule has 0 aliphatic heterocycles. The second-order valence-corrected chi connectivity index (χ2v) is 13.8. The lowest BCUT2D eigenvalue weighted by molar-refractivity contribution is -0.441. The minimum Gasteiger partial charge on any atom is -0.462 e. The van der Waals surface area contributed by atoms with Crippen molar-refractivity contribution in [3.05, 3.63) is 0 Å². The molecule has 8 aliphatic carbocycles. The van der Waals surface area contributed by atoms with Gasteiger partial charge in [-0.25, -0.2) is 0 Å². The number of carbonyl (C=O) groups excluding carboxylic acids is 2. The van der Waals surface area contributed by atoms with Crippen molar-refractivity contribution in [3.63, 3.8) is 0 Å². The van der Waals surface area contributed by atoms with Gasteiger partial charge in [0, 0.05) is 5.41 Å². The van der Waals surface area contributed by atoms with Gasteiger partial charge in [0.1, 0.15) is 6.10 Å². The van der Waals surface area contributed by atoms with Crippen LogP contribution in [0.25, 0.3) is 0 Å². The van der Waals surface area contributed by atoms with Crippen molar-refractivity contribution in [2.45, 2.75) is 71.3 Å². The van der Waals surface area contributed by atoms with E-state index < -0.39 is 0 Å². The Morgan fingerprint density at radius 2 is 1.61 bits per heavy atom. The molecule has 0 radical (unpaired) electrons. The lowest BCUT2D eigenvalue weighted by Gasteiger charge is -2.91. The van der Waals surface area contributed by atoms with Crippen LogP contribution in [0.5, 0.6) is 0 Å². The highest BCUT2D eigenvalue weighted by Gasteiger charge is 2.87. The van der Waals surface area contributed by atoms with Crippen LogP contribution in [-0.2, 0) is 23.8 Å². The number of ether oxygens (including phenoxy) is 3. The molecule has 0 aromatic heterocycles. The van der Waals surface area contributed by atoms with Crippen LogP contribution in [0.4, 0.5) is 0 Å². The zero-order chi connectivity index (χ0) is 22.3. The van der Waals surface area contributed by atoms with Gasteiger partial charge in [-0.2, -0.15) is 0 Å². The van der Waals surface area contributed by atoms with Gasteiger partial charge in [0.05, 0.1) is 18.4 Å². The van der Waals surface area contributed by atoms with Gasteiger partial charge in [-0.3, -0.25) is 9.59 Å². The summed E-state index contributed by atoms with van der Waals surface area (Å²) >= 11 is 0.